The Morgan fingerprint density at radius 3 is 2.29 bits per heavy atom. The summed E-state index contributed by atoms with van der Waals surface area (Å²) < 4.78 is 0. The lowest BCUT2D eigenvalue weighted by Crippen LogP contribution is -2.42. The summed E-state index contributed by atoms with van der Waals surface area (Å²) in [4.78, 5) is 34.0. The Bertz CT molecular complexity index is 774. The van der Waals surface area contributed by atoms with E-state index in [0.717, 1.165) is 12.0 Å². The third-order valence-electron chi connectivity index (χ3n) is 3.99. The molecule has 0 spiro atoms. The Morgan fingerprint density at radius 1 is 1.00 bits per heavy atom. The van der Waals surface area contributed by atoms with Crippen LogP contribution < -0.4 is 10.9 Å². The number of amides is 2. The van der Waals surface area contributed by atoms with Crippen LogP contribution in [0.3, 0.4) is 0 Å². The van der Waals surface area contributed by atoms with E-state index in [-0.39, 0.29) is 29.0 Å². The molecule has 0 saturated heterocycles. The number of nitro groups is 1. The number of nitrogens with one attached hydrogen (secondary N) is 2. The molecular weight excluding hydrogens is 310 g/mol. The van der Waals surface area contributed by atoms with Gasteiger partial charge in [0.05, 0.1) is 4.92 Å². The van der Waals surface area contributed by atoms with Gasteiger partial charge in [-0.25, -0.2) is 0 Å². The maximum absolute atomic E-state index is 12.1. The van der Waals surface area contributed by atoms with E-state index < -0.39 is 10.8 Å². The summed E-state index contributed by atoms with van der Waals surface area (Å²) >= 11 is 0. The lowest BCUT2D eigenvalue weighted by atomic mass is 10.1. The molecule has 7 heteroatoms. The van der Waals surface area contributed by atoms with Gasteiger partial charge in [-0.05, 0) is 30.0 Å². The number of benzene rings is 2. The van der Waals surface area contributed by atoms with E-state index in [1.165, 1.54) is 24.3 Å². The molecular formula is C17H15N3O4. The fraction of sp³-hybridized carbons (Fsp3) is 0.176. The largest absolute Gasteiger partial charge is 0.273 e. The van der Waals surface area contributed by atoms with Crippen molar-refractivity contribution < 1.29 is 14.5 Å². The summed E-state index contributed by atoms with van der Waals surface area (Å²) in [5, 5.41) is 10.6. The SMILES string of the molecule is O=C(NNC(=O)[C@@H]1C[C@@H]1c1ccccc1)c1ccc([N+](=O)[O-])cc1. The molecule has 2 N–H and O–H groups in total. The van der Waals surface area contributed by atoms with Crippen LogP contribution in [-0.2, 0) is 4.79 Å². The Morgan fingerprint density at radius 2 is 1.67 bits per heavy atom. The number of carbonyl (C=O) groups excluding carboxylic acids is 2. The van der Waals surface area contributed by atoms with Crippen molar-refractivity contribution in [3.63, 3.8) is 0 Å². The second-order valence-electron chi connectivity index (χ2n) is 5.61. The van der Waals surface area contributed by atoms with Gasteiger partial charge in [0.1, 0.15) is 0 Å². The first kappa shape index (κ1) is 15.7. The van der Waals surface area contributed by atoms with Crippen LogP contribution in [0, 0.1) is 16.0 Å². The van der Waals surface area contributed by atoms with Crippen LogP contribution in [0.5, 0.6) is 0 Å². The van der Waals surface area contributed by atoms with E-state index in [2.05, 4.69) is 10.9 Å². The van der Waals surface area contributed by atoms with Gasteiger partial charge in [0.15, 0.2) is 0 Å². The van der Waals surface area contributed by atoms with E-state index in [1.54, 1.807) is 0 Å². The highest BCUT2D eigenvalue weighted by atomic mass is 16.6. The van der Waals surface area contributed by atoms with Crippen LogP contribution in [0.1, 0.15) is 28.3 Å². The van der Waals surface area contributed by atoms with Gasteiger partial charge in [-0.1, -0.05) is 30.3 Å². The van der Waals surface area contributed by atoms with Crippen LogP contribution in [0.2, 0.25) is 0 Å². The number of nitrogens with zero attached hydrogens (tertiary/aromatic N) is 1. The first-order valence-electron chi connectivity index (χ1n) is 7.46. The van der Waals surface area contributed by atoms with Gasteiger partial charge >= 0.3 is 0 Å². The molecule has 0 radical (unpaired) electrons. The molecule has 7 nitrogen and oxygen atoms in total. The number of hydrogen-bond acceptors (Lipinski definition) is 4. The molecule has 3 rings (SSSR count). The highest BCUT2D eigenvalue weighted by molar-refractivity contribution is 5.96. The molecule has 1 aliphatic carbocycles. The van der Waals surface area contributed by atoms with E-state index in [9.17, 15) is 19.7 Å². The van der Waals surface area contributed by atoms with E-state index in [0.29, 0.717) is 0 Å². The van der Waals surface area contributed by atoms with Crippen molar-refractivity contribution in [1.29, 1.82) is 0 Å². The zero-order chi connectivity index (χ0) is 17.1. The van der Waals surface area contributed by atoms with Crippen LogP contribution in [0.15, 0.2) is 54.6 Å². The second-order valence-corrected chi connectivity index (χ2v) is 5.61. The minimum atomic E-state index is -0.541. The van der Waals surface area contributed by atoms with Crippen molar-refractivity contribution in [3.05, 3.63) is 75.8 Å². The van der Waals surface area contributed by atoms with Crippen molar-refractivity contribution in [2.75, 3.05) is 0 Å². The maximum atomic E-state index is 12.1. The summed E-state index contributed by atoms with van der Waals surface area (Å²) in [6.45, 7) is 0. The van der Waals surface area contributed by atoms with Gasteiger partial charge in [0.25, 0.3) is 11.6 Å². The molecule has 24 heavy (non-hydrogen) atoms. The molecule has 1 aliphatic rings. The fourth-order valence-corrected chi connectivity index (χ4v) is 2.57. The first-order valence-corrected chi connectivity index (χ1v) is 7.46. The standard InChI is InChI=1S/C17H15N3O4/c21-16(12-6-8-13(9-7-12)20(23)24)18-19-17(22)15-10-14(15)11-4-2-1-3-5-11/h1-9,14-15H,10H2,(H,18,21)(H,19,22)/t14-,15-/m1/s1. The van der Waals surface area contributed by atoms with Crippen LogP contribution in [0.25, 0.3) is 0 Å². The van der Waals surface area contributed by atoms with Gasteiger partial charge in [0.2, 0.25) is 5.91 Å². The summed E-state index contributed by atoms with van der Waals surface area (Å²) in [5.74, 6) is -0.721. The quantitative estimate of drug-likeness (QED) is 0.664. The van der Waals surface area contributed by atoms with Crippen molar-refractivity contribution in [3.8, 4) is 0 Å². The Balaban J connectivity index is 1.51. The normalized spacial score (nSPS) is 18.5. The predicted molar refractivity (Wildman–Crippen MR) is 86.0 cm³/mol. The van der Waals surface area contributed by atoms with Crippen molar-refractivity contribution in [2.24, 2.45) is 5.92 Å². The van der Waals surface area contributed by atoms with Crippen molar-refractivity contribution in [1.82, 2.24) is 10.9 Å². The summed E-state index contributed by atoms with van der Waals surface area (Å²) in [7, 11) is 0. The van der Waals surface area contributed by atoms with Gasteiger partial charge in [-0.2, -0.15) is 0 Å². The van der Waals surface area contributed by atoms with E-state index >= 15 is 0 Å². The molecule has 0 aromatic heterocycles. The summed E-state index contributed by atoms with van der Waals surface area (Å²) in [5.41, 5.74) is 5.99. The molecule has 2 atom stereocenters. The number of hydrazine groups is 1. The second kappa shape index (κ2) is 6.49. The smallest absolute Gasteiger partial charge is 0.269 e. The molecule has 2 aromatic carbocycles. The lowest BCUT2D eigenvalue weighted by Gasteiger charge is -2.07. The molecule has 122 valence electrons. The molecule has 0 unspecified atom stereocenters. The number of carbonyl (C=O) groups is 2. The van der Waals surface area contributed by atoms with E-state index in [1.807, 2.05) is 30.3 Å². The maximum Gasteiger partial charge on any atom is 0.269 e. The molecule has 0 heterocycles. The van der Waals surface area contributed by atoms with Crippen molar-refractivity contribution >= 4 is 17.5 Å². The topological polar surface area (TPSA) is 101 Å². The Labute approximate surface area is 137 Å². The summed E-state index contributed by atoms with van der Waals surface area (Å²) in [6.07, 6.45) is 0.753. The highest BCUT2D eigenvalue weighted by Crippen LogP contribution is 2.47. The molecule has 0 bridgehead atoms. The monoisotopic (exact) mass is 325 g/mol. The van der Waals surface area contributed by atoms with Crippen LogP contribution in [-0.4, -0.2) is 16.7 Å². The third-order valence-corrected chi connectivity index (χ3v) is 3.99. The number of hydrogen-bond donors (Lipinski definition) is 2. The molecule has 1 saturated carbocycles. The lowest BCUT2D eigenvalue weighted by molar-refractivity contribution is -0.384. The predicted octanol–water partition coefficient (Wildman–Crippen LogP) is 2.16. The minimum absolute atomic E-state index is 0.0979. The molecule has 0 aliphatic heterocycles. The van der Waals surface area contributed by atoms with Gasteiger partial charge < -0.3 is 0 Å². The number of nitro benzene ring substituents is 1. The van der Waals surface area contributed by atoms with Gasteiger partial charge in [-0.15, -0.1) is 0 Å². The average molecular weight is 325 g/mol. The Kier molecular flexibility index (Phi) is 4.24. The first-order chi connectivity index (χ1) is 11.6. The average Bonchev–Trinajstić information content (AvgIpc) is 3.41. The number of rotatable bonds is 4. The Hall–Kier alpha value is -3.22. The summed E-state index contributed by atoms with van der Waals surface area (Å²) in [6, 6.07) is 14.9. The minimum Gasteiger partial charge on any atom is -0.273 e. The van der Waals surface area contributed by atoms with Crippen LogP contribution in [0.4, 0.5) is 5.69 Å². The zero-order valence-electron chi connectivity index (χ0n) is 12.6. The number of non-ortho nitro benzene ring substituents is 1. The van der Waals surface area contributed by atoms with Gasteiger partial charge in [-0.3, -0.25) is 30.6 Å². The fourth-order valence-electron chi connectivity index (χ4n) is 2.57. The van der Waals surface area contributed by atoms with Gasteiger partial charge in [0, 0.05) is 23.6 Å². The molecule has 2 amide bonds. The van der Waals surface area contributed by atoms with Crippen LogP contribution >= 0.6 is 0 Å². The van der Waals surface area contributed by atoms with Crippen molar-refractivity contribution in [2.45, 2.75) is 12.3 Å². The highest BCUT2D eigenvalue weighted by Gasteiger charge is 2.43. The zero-order valence-corrected chi connectivity index (χ0v) is 12.6. The molecule has 1 fully saturated rings. The van der Waals surface area contributed by atoms with E-state index in [4.69, 9.17) is 0 Å². The molecule has 2 aromatic rings. The third kappa shape index (κ3) is 3.40.